The van der Waals surface area contributed by atoms with E-state index >= 15 is 0 Å². The second-order valence-corrected chi connectivity index (χ2v) is 4.77. The molecule has 0 N–H and O–H groups in total. The second kappa shape index (κ2) is 4.97. The van der Waals surface area contributed by atoms with Crippen LogP contribution in [-0.2, 0) is 9.53 Å². The normalized spacial score (nSPS) is 22.9. The molecule has 1 heterocycles. The molecule has 1 atom stereocenters. The summed E-state index contributed by atoms with van der Waals surface area (Å²) in [6, 6.07) is 0.417. The van der Waals surface area contributed by atoms with E-state index in [0.29, 0.717) is 6.04 Å². The molecule has 1 rings (SSSR count). The molecule has 0 radical (unpaired) electrons. The van der Waals surface area contributed by atoms with Crippen molar-refractivity contribution in [3.63, 3.8) is 0 Å². The molecule has 15 heavy (non-hydrogen) atoms. The minimum absolute atomic E-state index is 0.136. The summed E-state index contributed by atoms with van der Waals surface area (Å²) in [6.07, 6.45) is 4.56. The molecule has 0 aromatic carbocycles. The van der Waals surface area contributed by atoms with Crippen molar-refractivity contribution in [1.29, 1.82) is 0 Å². The van der Waals surface area contributed by atoms with E-state index in [0.717, 1.165) is 25.8 Å². The Morgan fingerprint density at radius 3 is 2.67 bits per heavy atom. The minimum atomic E-state index is -0.676. The standard InChI is InChI=1S/C12H23NO2/c1-5-10-8-6-7-9-13(10)11(14)12(2,3)15-4/h10H,5-9H2,1-4H3. The van der Waals surface area contributed by atoms with Crippen molar-refractivity contribution < 1.29 is 9.53 Å². The van der Waals surface area contributed by atoms with Crippen LogP contribution in [0.15, 0.2) is 0 Å². The lowest BCUT2D eigenvalue weighted by atomic mass is 9.97. The quantitative estimate of drug-likeness (QED) is 0.719. The molecule has 88 valence electrons. The van der Waals surface area contributed by atoms with Gasteiger partial charge in [0.25, 0.3) is 5.91 Å². The van der Waals surface area contributed by atoms with Crippen LogP contribution in [0.5, 0.6) is 0 Å². The van der Waals surface area contributed by atoms with Crippen molar-refractivity contribution in [1.82, 2.24) is 4.90 Å². The van der Waals surface area contributed by atoms with E-state index in [9.17, 15) is 4.79 Å². The highest BCUT2D eigenvalue weighted by Gasteiger charge is 2.35. The summed E-state index contributed by atoms with van der Waals surface area (Å²) in [5, 5.41) is 0. The van der Waals surface area contributed by atoms with Gasteiger partial charge in [-0.15, -0.1) is 0 Å². The van der Waals surface area contributed by atoms with Crippen molar-refractivity contribution in [2.75, 3.05) is 13.7 Å². The van der Waals surface area contributed by atoms with Gasteiger partial charge in [-0.25, -0.2) is 0 Å². The molecule has 0 aliphatic carbocycles. The summed E-state index contributed by atoms with van der Waals surface area (Å²) in [7, 11) is 1.60. The molecule has 1 aliphatic heterocycles. The first-order valence-electron chi connectivity index (χ1n) is 5.89. The minimum Gasteiger partial charge on any atom is -0.369 e. The number of hydrogen-bond donors (Lipinski definition) is 0. The monoisotopic (exact) mass is 213 g/mol. The summed E-state index contributed by atoms with van der Waals surface area (Å²) in [6.45, 7) is 6.73. The molecule has 0 aromatic heterocycles. The Hall–Kier alpha value is -0.570. The van der Waals surface area contributed by atoms with Gasteiger partial charge in [0.1, 0.15) is 5.60 Å². The molecule has 0 aromatic rings. The molecule has 0 bridgehead atoms. The van der Waals surface area contributed by atoms with Crippen LogP contribution in [0.3, 0.4) is 0 Å². The first-order valence-corrected chi connectivity index (χ1v) is 5.89. The van der Waals surface area contributed by atoms with Crippen molar-refractivity contribution in [2.24, 2.45) is 0 Å². The molecule has 0 spiro atoms. The summed E-state index contributed by atoms with van der Waals surface area (Å²) >= 11 is 0. The maximum absolute atomic E-state index is 12.2. The Kier molecular flexibility index (Phi) is 4.14. The average Bonchev–Trinajstić information content (AvgIpc) is 2.28. The van der Waals surface area contributed by atoms with E-state index in [4.69, 9.17) is 4.74 Å². The molecule has 1 fully saturated rings. The molecule has 0 saturated carbocycles. The topological polar surface area (TPSA) is 29.5 Å². The van der Waals surface area contributed by atoms with Gasteiger partial charge >= 0.3 is 0 Å². The van der Waals surface area contributed by atoms with E-state index in [1.165, 1.54) is 6.42 Å². The zero-order valence-corrected chi connectivity index (χ0v) is 10.4. The average molecular weight is 213 g/mol. The predicted octanol–water partition coefficient (Wildman–Crippen LogP) is 2.20. The zero-order chi connectivity index (χ0) is 11.5. The maximum Gasteiger partial charge on any atom is 0.254 e. The lowest BCUT2D eigenvalue weighted by Gasteiger charge is -2.39. The second-order valence-electron chi connectivity index (χ2n) is 4.77. The fourth-order valence-corrected chi connectivity index (χ4v) is 2.13. The summed E-state index contributed by atoms with van der Waals surface area (Å²) in [5.41, 5.74) is -0.676. The Labute approximate surface area is 92.8 Å². The largest absolute Gasteiger partial charge is 0.369 e. The molecule has 1 unspecified atom stereocenters. The summed E-state index contributed by atoms with van der Waals surface area (Å²) < 4.78 is 5.25. The number of methoxy groups -OCH3 is 1. The fraction of sp³-hybridized carbons (Fsp3) is 0.917. The molecule has 3 heteroatoms. The molecule has 1 saturated heterocycles. The number of amides is 1. The number of likely N-dealkylation sites (tertiary alicyclic amines) is 1. The number of carbonyl (C=O) groups is 1. The molecule has 1 aliphatic rings. The number of carbonyl (C=O) groups excluding carboxylic acids is 1. The van der Waals surface area contributed by atoms with Gasteiger partial charge < -0.3 is 9.64 Å². The van der Waals surface area contributed by atoms with E-state index in [-0.39, 0.29) is 5.91 Å². The lowest BCUT2D eigenvalue weighted by molar-refractivity contribution is -0.155. The van der Waals surface area contributed by atoms with E-state index < -0.39 is 5.60 Å². The van der Waals surface area contributed by atoms with Crippen molar-refractivity contribution >= 4 is 5.91 Å². The third kappa shape index (κ3) is 2.71. The van der Waals surface area contributed by atoms with Crippen LogP contribution in [0.2, 0.25) is 0 Å². The van der Waals surface area contributed by atoms with Crippen LogP contribution >= 0.6 is 0 Å². The van der Waals surface area contributed by atoms with Crippen molar-refractivity contribution in [3.8, 4) is 0 Å². The molecule has 3 nitrogen and oxygen atoms in total. The zero-order valence-electron chi connectivity index (χ0n) is 10.4. The van der Waals surface area contributed by atoms with Crippen LogP contribution in [0, 0.1) is 0 Å². The summed E-state index contributed by atoms with van der Waals surface area (Å²) in [4.78, 5) is 14.2. The first kappa shape index (κ1) is 12.5. The van der Waals surface area contributed by atoms with E-state index in [1.807, 2.05) is 18.7 Å². The van der Waals surface area contributed by atoms with Gasteiger partial charge in [-0.3, -0.25) is 4.79 Å². The van der Waals surface area contributed by atoms with Crippen LogP contribution < -0.4 is 0 Å². The first-order chi connectivity index (χ1) is 7.03. The SMILES string of the molecule is CCC1CCCCN1C(=O)C(C)(C)OC. The highest BCUT2D eigenvalue weighted by molar-refractivity contribution is 5.84. The Bertz CT molecular complexity index is 226. The number of nitrogens with zero attached hydrogens (tertiary/aromatic N) is 1. The highest BCUT2D eigenvalue weighted by Crippen LogP contribution is 2.23. The smallest absolute Gasteiger partial charge is 0.254 e. The number of piperidine rings is 1. The molecule has 1 amide bonds. The van der Waals surface area contributed by atoms with Crippen LogP contribution in [0.25, 0.3) is 0 Å². The van der Waals surface area contributed by atoms with Crippen molar-refractivity contribution in [3.05, 3.63) is 0 Å². The van der Waals surface area contributed by atoms with Crippen LogP contribution in [-0.4, -0.2) is 36.1 Å². The third-order valence-electron chi connectivity index (χ3n) is 3.38. The Morgan fingerprint density at radius 1 is 1.47 bits per heavy atom. The summed E-state index contributed by atoms with van der Waals surface area (Å²) in [5.74, 6) is 0.136. The van der Waals surface area contributed by atoms with E-state index in [2.05, 4.69) is 6.92 Å². The van der Waals surface area contributed by atoms with Gasteiger partial charge in [0.2, 0.25) is 0 Å². The number of ether oxygens (including phenoxy) is 1. The number of rotatable bonds is 3. The maximum atomic E-state index is 12.2. The lowest BCUT2D eigenvalue weighted by Crippen LogP contribution is -2.52. The van der Waals surface area contributed by atoms with Gasteiger partial charge in [-0.05, 0) is 39.5 Å². The van der Waals surface area contributed by atoms with E-state index in [1.54, 1.807) is 7.11 Å². The fourth-order valence-electron chi connectivity index (χ4n) is 2.13. The van der Waals surface area contributed by atoms with Gasteiger partial charge in [-0.2, -0.15) is 0 Å². The predicted molar refractivity (Wildman–Crippen MR) is 60.7 cm³/mol. The van der Waals surface area contributed by atoms with Gasteiger partial charge in [0.05, 0.1) is 0 Å². The van der Waals surface area contributed by atoms with Gasteiger partial charge in [0.15, 0.2) is 0 Å². The third-order valence-corrected chi connectivity index (χ3v) is 3.38. The molecular formula is C12H23NO2. The van der Waals surface area contributed by atoms with Crippen molar-refractivity contribution in [2.45, 2.75) is 58.1 Å². The number of hydrogen-bond acceptors (Lipinski definition) is 2. The highest BCUT2D eigenvalue weighted by atomic mass is 16.5. The van der Waals surface area contributed by atoms with Crippen LogP contribution in [0.1, 0.15) is 46.5 Å². The van der Waals surface area contributed by atoms with Crippen LogP contribution in [0.4, 0.5) is 0 Å². The molecular weight excluding hydrogens is 190 g/mol. The Balaban J connectivity index is 2.72. The van der Waals surface area contributed by atoms with Gasteiger partial charge in [-0.1, -0.05) is 6.92 Å². The van der Waals surface area contributed by atoms with Gasteiger partial charge in [0, 0.05) is 19.7 Å². The Morgan fingerprint density at radius 2 is 2.13 bits per heavy atom.